The van der Waals surface area contributed by atoms with E-state index in [-0.39, 0.29) is 0 Å². The Morgan fingerprint density at radius 1 is 0.538 bits per heavy atom. The van der Waals surface area contributed by atoms with Crippen LogP contribution in [-0.4, -0.2) is 28.2 Å². The molecule has 3 aromatic carbocycles. The molecule has 0 amide bonds. The maximum absolute atomic E-state index is 2.23. The maximum atomic E-state index is 2.23. The molecule has 0 N–H and O–H groups in total. The van der Waals surface area contributed by atoms with Crippen molar-refractivity contribution in [1.82, 2.24) is 0 Å². The molecule has 0 heterocycles. The van der Waals surface area contributed by atoms with Crippen molar-refractivity contribution in [3.05, 3.63) is 95.1 Å². The summed E-state index contributed by atoms with van der Waals surface area (Å²) in [5, 5.41) is 0. The summed E-state index contributed by atoms with van der Waals surface area (Å²) in [6, 6.07) is 26.4. The fourth-order valence-electron chi connectivity index (χ4n) is 3.44. The Kier molecular flexibility index (Phi) is 4.04. The molecular weight excluding hydrogens is 316 g/mol. The molecule has 26 heavy (non-hydrogen) atoms. The first-order chi connectivity index (χ1) is 12.6. The highest BCUT2D eigenvalue weighted by Crippen LogP contribution is 2.49. The van der Waals surface area contributed by atoms with Crippen LogP contribution >= 0.6 is 0 Å². The van der Waals surface area contributed by atoms with Gasteiger partial charge in [0.1, 0.15) is 0 Å². The Morgan fingerprint density at radius 2 is 0.923 bits per heavy atom. The van der Waals surface area contributed by atoms with Crippen LogP contribution in [0.25, 0.3) is 11.1 Å². The van der Waals surface area contributed by atoms with Crippen LogP contribution in [0, 0.1) is 0 Å². The number of rotatable bonds is 4. The molecule has 3 aromatic rings. The van der Waals surface area contributed by atoms with Gasteiger partial charge in [-0.1, -0.05) is 48.5 Å². The van der Waals surface area contributed by atoms with Crippen LogP contribution in [0.4, 0.5) is 11.4 Å². The summed E-state index contributed by atoms with van der Waals surface area (Å²) in [6.07, 6.45) is 0. The van der Waals surface area contributed by atoms with Crippen molar-refractivity contribution in [3.8, 4) is 0 Å². The van der Waals surface area contributed by atoms with E-state index in [9.17, 15) is 0 Å². The van der Waals surface area contributed by atoms with Crippen LogP contribution in [0.3, 0.4) is 0 Å². The highest BCUT2D eigenvalue weighted by molar-refractivity contribution is 6.16. The third-order valence-electron chi connectivity index (χ3n) is 5.00. The molecule has 130 valence electrons. The quantitative estimate of drug-likeness (QED) is 0.507. The summed E-state index contributed by atoms with van der Waals surface area (Å²) in [7, 11) is 8.30. The zero-order valence-electron chi connectivity index (χ0n) is 15.8. The SMILES string of the molecule is CN(C)c1ccc(C(=C2c3ccccc32)c2ccc(N(C)C)cc2)cc1. The molecule has 0 fully saturated rings. The Labute approximate surface area is 156 Å². The minimum Gasteiger partial charge on any atom is -0.378 e. The minimum atomic E-state index is 1.22. The summed E-state index contributed by atoms with van der Waals surface area (Å²) in [6.45, 7) is 0. The second-order valence-electron chi connectivity index (χ2n) is 7.18. The van der Waals surface area contributed by atoms with E-state index < -0.39 is 0 Å². The normalized spacial score (nSPS) is 11.8. The van der Waals surface area contributed by atoms with Gasteiger partial charge in [0.25, 0.3) is 0 Å². The number of hydrogen-bond donors (Lipinski definition) is 0. The molecule has 4 rings (SSSR count). The molecule has 0 unspecified atom stereocenters. The van der Waals surface area contributed by atoms with Crippen LogP contribution in [-0.2, 0) is 0 Å². The Bertz CT molecular complexity index is 883. The molecule has 1 aliphatic carbocycles. The molecule has 0 spiro atoms. The molecule has 2 nitrogen and oxygen atoms in total. The van der Waals surface area contributed by atoms with Gasteiger partial charge in [-0.25, -0.2) is 0 Å². The number of anilines is 2. The summed E-state index contributed by atoms with van der Waals surface area (Å²) in [5.74, 6) is 0. The van der Waals surface area contributed by atoms with Gasteiger partial charge in [-0.2, -0.15) is 0 Å². The topological polar surface area (TPSA) is 6.48 Å². The van der Waals surface area contributed by atoms with E-state index in [1.54, 1.807) is 0 Å². The van der Waals surface area contributed by atoms with Crippen LogP contribution < -0.4 is 9.80 Å². The van der Waals surface area contributed by atoms with Gasteiger partial charge in [0.15, 0.2) is 0 Å². The maximum Gasteiger partial charge on any atom is 0.0361 e. The molecule has 0 radical (unpaired) electrons. The Balaban J connectivity index is 1.83. The number of nitrogens with zero attached hydrogens (tertiary/aromatic N) is 2. The van der Waals surface area contributed by atoms with E-state index >= 15 is 0 Å². The van der Waals surface area contributed by atoms with Crippen molar-refractivity contribution < 1.29 is 0 Å². The van der Waals surface area contributed by atoms with Crippen LogP contribution in [0.15, 0.2) is 72.8 Å². The first-order valence-electron chi connectivity index (χ1n) is 8.96. The summed E-state index contributed by atoms with van der Waals surface area (Å²) in [5.41, 5.74) is 10.4. The van der Waals surface area contributed by atoms with Crippen LogP contribution in [0.1, 0.15) is 22.3 Å². The molecule has 0 bridgehead atoms. The highest BCUT2D eigenvalue weighted by atomic mass is 15.1. The van der Waals surface area contributed by atoms with Crippen molar-refractivity contribution in [2.45, 2.75) is 0 Å². The largest absolute Gasteiger partial charge is 0.378 e. The second kappa shape index (κ2) is 6.38. The third-order valence-corrected chi connectivity index (χ3v) is 5.00. The average molecular weight is 340 g/mol. The van der Waals surface area contributed by atoms with E-state index in [0.29, 0.717) is 0 Å². The van der Waals surface area contributed by atoms with Gasteiger partial charge in [0.2, 0.25) is 0 Å². The van der Waals surface area contributed by atoms with Gasteiger partial charge in [-0.3, -0.25) is 0 Å². The van der Waals surface area contributed by atoms with Crippen molar-refractivity contribution in [1.29, 1.82) is 0 Å². The monoisotopic (exact) mass is 340 g/mol. The van der Waals surface area contributed by atoms with Crippen molar-refractivity contribution in [2.75, 3.05) is 38.0 Å². The molecule has 0 aliphatic heterocycles. The average Bonchev–Trinajstić information content (AvgIpc) is 3.37. The van der Waals surface area contributed by atoms with Crippen molar-refractivity contribution >= 4 is 22.5 Å². The predicted octanol–water partition coefficient (Wildman–Crippen LogP) is 5.14. The van der Waals surface area contributed by atoms with E-state index in [0.717, 1.165) is 0 Å². The number of hydrogen-bond acceptors (Lipinski definition) is 2. The summed E-state index contributed by atoms with van der Waals surface area (Å²) < 4.78 is 0. The van der Waals surface area contributed by atoms with Crippen molar-refractivity contribution in [2.24, 2.45) is 0 Å². The van der Waals surface area contributed by atoms with Crippen molar-refractivity contribution in [3.63, 3.8) is 0 Å². The predicted molar refractivity (Wildman–Crippen MR) is 113 cm³/mol. The smallest absolute Gasteiger partial charge is 0.0361 e. The van der Waals surface area contributed by atoms with Gasteiger partial charge in [0, 0.05) is 39.6 Å². The highest BCUT2D eigenvalue weighted by Gasteiger charge is 2.29. The first-order valence-corrected chi connectivity index (χ1v) is 8.96. The lowest BCUT2D eigenvalue weighted by molar-refractivity contribution is 1.13. The second-order valence-corrected chi connectivity index (χ2v) is 7.18. The molecular formula is C24H24N2. The van der Waals surface area contributed by atoms with Gasteiger partial charge in [0.05, 0.1) is 0 Å². The van der Waals surface area contributed by atoms with E-state index in [2.05, 4.69) is 111 Å². The van der Waals surface area contributed by atoms with Gasteiger partial charge in [-0.05, 0) is 57.7 Å². The van der Waals surface area contributed by atoms with Gasteiger partial charge < -0.3 is 9.80 Å². The van der Waals surface area contributed by atoms with Gasteiger partial charge >= 0.3 is 0 Å². The van der Waals surface area contributed by atoms with E-state index in [1.165, 1.54) is 44.8 Å². The first kappa shape index (κ1) is 16.5. The lowest BCUT2D eigenvalue weighted by Crippen LogP contribution is -2.08. The molecule has 0 saturated carbocycles. The zero-order valence-corrected chi connectivity index (χ0v) is 15.8. The Hall–Kier alpha value is -3.00. The van der Waals surface area contributed by atoms with E-state index in [1.807, 2.05) is 0 Å². The molecule has 1 aliphatic rings. The molecule has 2 heteroatoms. The lowest BCUT2D eigenvalue weighted by atomic mass is 9.95. The molecule has 0 saturated heterocycles. The lowest BCUT2D eigenvalue weighted by Gasteiger charge is -2.16. The van der Waals surface area contributed by atoms with Crippen LogP contribution in [0.5, 0.6) is 0 Å². The summed E-state index contributed by atoms with van der Waals surface area (Å²) in [4.78, 5) is 4.27. The fraction of sp³-hybridized carbons (Fsp3) is 0.167. The third kappa shape index (κ3) is 2.88. The number of fused-ring (bicyclic) bond motifs is 1. The van der Waals surface area contributed by atoms with E-state index in [4.69, 9.17) is 0 Å². The Morgan fingerprint density at radius 3 is 1.27 bits per heavy atom. The van der Waals surface area contributed by atoms with Crippen LogP contribution in [0.2, 0.25) is 0 Å². The molecule has 0 atom stereocenters. The fourth-order valence-corrected chi connectivity index (χ4v) is 3.44. The summed E-state index contributed by atoms with van der Waals surface area (Å²) >= 11 is 0. The number of benzene rings is 3. The van der Waals surface area contributed by atoms with Gasteiger partial charge in [-0.15, -0.1) is 0 Å². The molecule has 0 aromatic heterocycles. The zero-order chi connectivity index (χ0) is 18.3. The standard InChI is InChI=1S/C24H24N2/c1-25(2)19-13-9-17(10-14-19)23(24-21-7-5-6-8-22(21)24)18-11-15-20(16-12-18)26(3)4/h5-16H,1-4H3. The minimum absolute atomic E-state index is 1.22.